The molecule has 29 heavy (non-hydrogen) atoms. The van der Waals surface area contributed by atoms with Gasteiger partial charge >= 0.3 is 6.03 Å². The number of hydrogen-bond acceptors (Lipinski definition) is 6. The number of rotatable bonds is 5. The third-order valence-electron chi connectivity index (χ3n) is 4.31. The van der Waals surface area contributed by atoms with Gasteiger partial charge in [0.05, 0.1) is 34.6 Å². The summed E-state index contributed by atoms with van der Waals surface area (Å²) in [5, 5.41) is 25.1. The molecule has 10 nitrogen and oxygen atoms in total. The van der Waals surface area contributed by atoms with Crippen molar-refractivity contribution in [2.24, 2.45) is 0 Å². The first-order valence-electron chi connectivity index (χ1n) is 8.53. The van der Waals surface area contributed by atoms with Gasteiger partial charge in [0, 0.05) is 11.8 Å². The Morgan fingerprint density at radius 2 is 2.03 bits per heavy atom. The lowest BCUT2D eigenvalue weighted by molar-refractivity contribution is -0.385. The van der Waals surface area contributed by atoms with E-state index in [0.29, 0.717) is 11.3 Å². The van der Waals surface area contributed by atoms with E-state index in [-0.39, 0.29) is 17.7 Å². The van der Waals surface area contributed by atoms with Gasteiger partial charge in [0.1, 0.15) is 6.54 Å². The minimum absolute atomic E-state index is 0.200. The molecule has 1 fully saturated rings. The normalized spacial score (nSPS) is 16.0. The van der Waals surface area contributed by atoms with Gasteiger partial charge in [0.15, 0.2) is 0 Å². The number of nitriles is 1. The van der Waals surface area contributed by atoms with Crippen molar-refractivity contribution < 1.29 is 19.3 Å². The van der Waals surface area contributed by atoms with Gasteiger partial charge in [-0.2, -0.15) is 5.26 Å². The van der Waals surface area contributed by atoms with Crippen molar-refractivity contribution in [1.82, 2.24) is 10.2 Å². The van der Waals surface area contributed by atoms with E-state index >= 15 is 0 Å². The molecule has 10 heteroatoms. The third kappa shape index (κ3) is 4.36. The summed E-state index contributed by atoms with van der Waals surface area (Å²) in [7, 11) is 0. The predicted molar refractivity (Wildman–Crippen MR) is 100 cm³/mol. The van der Waals surface area contributed by atoms with Gasteiger partial charge in [-0.3, -0.25) is 24.6 Å². The van der Waals surface area contributed by atoms with Crippen LogP contribution in [0.3, 0.4) is 0 Å². The highest BCUT2D eigenvalue weighted by Gasteiger charge is 2.36. The Kier molecular flexibility index (Phi) is 5.50. The molecule has 4 amide bonds. The van der Waals surface area contributed by atoms with E-state index in [0.717, 1.165) is 4.90 Å². The molecule has 0 aliphatic carbocycles. The molecule has 1 heterocycles. The maximum atomic E-state index is 12.4. The molecule has 0 saturated carbocycles. The second-order valence-corrected chi connectivity index (χ2v) is 6.24. The first kappa shape index (κ1) is 19.5. The highest BCUT2D eigenvalue weighted by molar-refractivity contribution is 6.03. The number of amides is 4. The molecular formula is C19H15N5O5. The van der Waals surface area contributed by atoms with Gasteiger partial charge in [0.2, 0.25) is 11.8 Å². The van der Waals surface area contributed by atoms with Crippen molar-refractivity contribution in [2.75, 3.05) is 11.9 Å². The van der Waals surface area contributed by atoms with Crippen molar-refractivity contribution in [1.29, 1.82) is 5.26 Å². The van der Waals surface area contributed by atoms with Crippen molar-refractivity contribution in [3.05, 3.63) is 69.8 Å². The number of nitrogens with one attached hydrogen (secondary N) is 2. The molecule has 0 spiro atoms. The lowest BCUT2D eigenvalue weighted by atomic mass is 9.99. The van der Waals surface area contributed by atoms with Gasteiger partial charge in [-0.25, -0.2) is 4.79 Å². The van der Waals surface area contributed by atoms with Crippen molar-refractivity contribution in [3.8, 4) is 6.07 Å². The van der Waals surface area contributed by atoms with Gasteiger partial charge in [-0.1, -0.05) is 24.3 Å². The summed E-state index contributed by atoms with van der Waals surface area (Å²) in [6.07, 6.45) is -0.214. The molecule has 3 rings (SSSR count). The zero-order valence-electron chi connectivity index (χ0n) is 15.0. The molecule has 146 valence electrons. The van der Waals surface area contributed by atoms with Crippen LogP contribution < -0.4 is 10.6 Å². The number of imide groups is 1. The standard InChI is InChI=1S/C19H15N5O5/c20-10-12-4-3-5-13(8-12)21-17(25)11-23-18(26)9-15(22-19(23)27)14-6-1-2-7-16(14)24(28)29/h1-8,15H,9,11H2,(H,21,25)(H,22,27). The Hall–Kier alpha value is -4.26. The number of nitro benzene ring substituents is 1. The zero-order valence-corrected chi connectivity index (χ0v) is 15.0. The Morgan fingerprint density at radius 1 is 1.28 bits per heavy atom. The summed E-state index contributed by atoms with van der Waals surface area (Å²) in [5.41, 5.74) is 0.726. The van der Waals surface area contributed by atoms with Crippen LogP contribution in [0.1, 0.15) is 23.6 Å². The van der Waals surface area contributed by atoms with E-state index in [9.17, 15) is 24.5 Å². The Bertz CT molecular complexity index is 1030. The topological polar surface area (TPSA) is 145 Å². The maximum Gasteiger partial charge on any atom is 0.325 e. The van der Waals surface area contributed by atoms with Crippen LogP contribution in [0.15, 0.2) is 48.5 Å². The molecule has 1 aliphatic heterocycles. The SMILES string of the molecule is N#Cc1cccc(NC(=O)CN2C(=O)CC(c3ccccc3[N+](=O)[O-])NC2=O)c1. The largest absolute Gasteiger partial charge is 0.330 e. The fourth-order valence-electron chi connectivity index (χ4n) is 2.98. The average Bonchev–Trinajstić information content (AvgIpc) is 2.70. The molecule has 2 N–H and O–H groups in total. The van der Waals surface area contributed by atoms with Gasteiger partial charge in [0.25, 0.3) is 5.69 Å². The average molecular weight is 393 g/mol. The number of carbonyl (C=O) groups is 3. The molecule has 2 aromatic rings. The predicted octanol–water partition coefficient (Wildman–Crippen LogP) is 2.09. The molecule has 1 atom stereocenters. The fourth-order valence-corrected chi connectivity index (χ4v) is 2.98. The number of nitro groups is 1. The van der Waals surface area contributed by atoms with E-state index in [2.05, 4.69) is 10.6 Å². The number of hydrogen-bond donors (Lipinski definition) is 2. The third-order valence-corrected chi connectivity index (χ3v) is 4.31. The lowest BCUT2D eigenvalue weighted by Crippen LogP contribution is -2.53. The van der Waals surface area contributed by atoms with Crippen LogP contribution in [0.4, 0.5) is 16.2 Å². The molecule has 1 aliphatic rings. The maximum absolute atomic E-state index is 12.4. The fraction of sp³-hybridized carbons (Fsp3) is 0.158. The number of nitrogens with zero attached hydrogens (tertiary/aromatic N) is 3. The van der Waals surface area contributed by atoms with Gasteiger partial charge in [-0.15, -0.1) is 0 Å². The zero-order chi connectivity index (χ0) is 21.0. The molecular weight excluding hydrogens is 378 g/mol. The molecule has 0 aromatic heterocycles. The summed E-state index contributed by atoms with van der Waals surface area (Å²) in [6.45, 7) is -0.523. The van der Waals surface area contributed by atoms with Crippen molar-refractivity contribution in [3.63, 3.8) is 0 Å². The van der Waals surface area contributed by atoms with E-state index in [1.807, 2.05) is 6.07 Å². The number of urea groups is 1. The highest BCUT2D eigenvalue weighted by atomic mass is 16.6. The van der Waals surface area contributed by atoms with E-state index < -0.39 is 35.4 Å². The van der Waals surface area contributed by atoms with Crippen molar-refractivity contribution >= 4 is 29.2 Å². The minimum atomic E-state index is -0.858. The molecule has 1 unspecified atom stereocenters. The van der Waals surface area contributed by atoms with Crippen LogP contribution in [0.5, 0.6) is 0 Å². The van der Waals surface area contributed by atoms with Crippen LogP contribution in [0.2, 0.25) is 0 Å². The molecule has 0 radical (unpaired) electrons. The molecule has 1 saturated heterocycles. The van der Waals surface area contributed by atoms with Crippen LogP contribution in [0.25, 0.3) is 0 Å². The van der Waals surface area contributed by atoms with Crippen LogP contribution >= 0.6 is 0 Å². The Balaban J connectivity index is 1.69. The van der Waals surface area contributed by atoms with Crippen molar-refractivity contribution in [2.45, 2.75) is 12.5 Å². The minimum Gasteiger partial charge on any atom is -0.330 e. The molecule has 2 aromatic carbocycles. The van der Waals surface area contributed by atoms with E-state index in [1.54, 1.807) is 24.3 Å². The lowest BCUT2D eigenvalue weighted by Gasteiger charge is -2.30. The smallest absolute Gasteiger partial charge is 0.325 e. The quantitative estimate of drug-likeness (QED) is 0.587. The summed E-state index contributed by atoms with van der Waals surface area (Å²) < 4.78 is 0. The van der Waals surface area contributed by atoms with Gasteiger partial charge in [-0.05, 0) is 18.2 Å². The second-order valence-electron chi connectivity index (χ2n) is 6.24. The number of para-hydroxylation sites is 1. The second kappa shape index (κ2) is 8.18. The van der Waals surface area contributed by atoms with Crippen LogP contribution in [0, 0.1) is 21.4 Å². The van der Waals surface area contributed by atoms with Crippen LogP contribution in [-0.2, 0) is 9.59 Å². The Labute approximate surface area is 164 Å². The number of anilines is 1. The first-order chi connectivity index (χ1) is 13.9. The first-order valence-corrected chi connectivity index (χ1v) is 8.53. The Morgan fingerprint density at radius 3 is 2.72 bits per heavy atom. The van der Waals surface area contributed by atoms with Gasteiger partial charge < -0.3 is 10.6 Å². The van der Waals surface area contributed by atoms with E-state index in [4.69, 9.17) is 5.26 Å². The van der Waals surface area contributed by atoms with E-state index in [1.165, 1.54) is 24.3 Å². The molecule has 0 bridgehead atoms. The van der Waals surface area contributed by atoms with Crippen LogP contribution in [-0.4, -0.2) is 34.2 Å². The summed E-state index contributed by atoms with van der Waals surface area (Å²) in [6, 6.07) is 12.3. The highest BCUT2D eigenvalue weighted by Crippen LogP contribution is 2.29. The summed E-state index contributed by atoms with van der Waals surface area (Å²) in [4.78, 5) is 48.3. The summed E-state index contributed by atoms with van der Waals surface area (Å²) in [5.74, 6) is -1.24. The summed E-state index contributed by atoms with van der Waals surface area (Å²) >= 11 is 0. The monoisotopic (exact) mass is 393 g/mol. The number of carbonyl (C=O) groups excluding carboxylic acids is 3. The number of benzene rings is 2.